The summed E-state index contributed by atoms with van der Waals surface area (Å²) >= 11 is 1.18. The molecule has 1 N–H and O–H groups in total. The van der Waals surface area contributed by atoms with Gasteiger partial charge in [-0.25, -0.2) is 0 Å². The number of Topliss-reactive ketones (excluding diaryl/α,β-unsaturated/α-hetero) is 1. The summed E-state index contributed by atoms with van der Waals surface area (Å²) < 4.78 is 1.46. The molecule has 1 aliphatic heterocycles. The fourth-order valence-corrected chi connectivity index (χ4v) is 4.50. The Hall–Kier alpha value is -2.67. The van der Waals surface area contributed by atoms with Crippen LogP contribution in [0.2, 0.25) is 0 Å². The van der Waals surface area contributed by atoms with Crippen LogP contribution in [0.25, 0.3) is 5.69 Å². The third kappa shape index (κ3) is 3.23. The maximum absolute atomic E-state index is 13.1. The largest absolute Gasteiger partial charge is 0.341 e. The van der Waals surface area contributed by atoms with Crippen LogP contribution in [0.4, 0.5) is 0 Å². The summed E-state index contributed by atoms with van der Waals surface area (Å²) in [6.07, 6.45) is 2.23. The highest BCUT2D eigenvalue weighted by molar-refractivity contribution is 8.14. The van der Waals surface area contributed by atoms with E-state index in [0.29, 0.717) is 48.4 Å². The van der Waals surface area contributed by atoms with Crippen molar-refractivity contribution in [3.05, 3.63) is 63.6 Å². The molecule has 27 heavy (non-hydrogen) atoms. The summed E-state index contributed by atoms with van der Waals surface area (Å²) in [6.45, 7) is 0. The Balaban J connectivity index is 1.84. The number of pyridine rings is 1. The highest BCUT2D eigenvalue weighted by Gasteiger charge is 2.30. The molecular formula is C20H18N2O4S. The van der Waals surface area contributed by atoms with Gasteiger partial charge in [0.1, 0.15) is 5.56 Å². The fraction of sp³-hybridized carbons (Fsp3) is 0.300. The number of aromatic nitrogens is 1. The van der Waals surface area contributed by atoms with Crippen molar-refractivity contribution >= 4 is 28.6 Å². The number of ketones is 1. The lowest BCUT2D eigenvalue weighted by Crippen LogP contribution is -2.41. The molecule has 0 saturated carbocycles. The molecule has 1 aliphatic carbocycles. The summed E-state index contributed by atoms with van der Waals surface area (Å²) in [5.74, 6) is -0.0186. The molecule has 138 valence electrons. The van der Waals surface area contributed by atoms with Gasteiger partial charge in [0.05, 0.1) is 6.04 Å². The minimum Gasteiger partial charge on any atom is -0.341 e. The first-order chi connectivity index (χ1) is 13.1. The van der Waals surface area contributed by atoms with Crippen LogP contribution < -0.4 is 10.9 Å². The number of hydrogen-bond donors (Lipinski definition) is 1. The second-order valence-corrected chi connectivity index (χ2v) is 7.75. The van der Waals surface area contributed by atoms with Crippen molar-refractivity contribution in [1.82, 2.24) is 9.88 Å². The van der Waals surface area contributed by atoms with Gasteiger partial charge in [0.15, 0.2) is 5.78 Å². The molecule has 1 amide bonds. The van der Waals surface area contributed by atoms with E-state index < -0.39 is 17.5 Å². The first-order valence-electron chi connectivity index (χ1n) is 8.91. The Kier molecular flexibility index (Phi) is 4.70. The summed E-state index contributed by atoms with van der Waals surface area (Å²) in [5, 5.41) is 2.56. The van der Waals surface area contributed by atoms with E-state index in [4.69, 9.17) is 0 Å². The maximum atomic E-state index is 13.1. The number of rotatable bonds is 3. The number of benzene rings is 1. The number of nitrogens with one attached hydrogen (secondary N) is 1. The van der Waals surface area contributed by atoms with Crippen molar-refractivity contribution in [2.45, 2.75) is 31.7 Å². The molecule has 1 aromatic heterocycles. The van der Waals surface area contributed by atoms with Gasteiger partial charge in [-0.1, -0.05) is 30.0 Å². The van der Waals surface area contributed by atoms with Gasteiger partial charge in [0.25, 0.3) is 11.5 Å². The highest BCUT2D eigenvalue weighted by atomic mass is 32.2. The summed E-state index contributed by atoms with van der Waals surface area (Å²) in [7, 11) is 0. The lowest BCUT2D eigenvalue weighted by atomic mass is 9.92. The molecule has 1 fully saturated rings. The zero-order valence-electron chi connectivity index (χ0n) is 14.6. The van der Waals surface area contributed by atoms with Gasteiger partial charge in [-0.2, -0.15) is 0 Å². The fourth-order valence-electron chi connectivity index (χ4n) is 3.57. The maximum Gasteiger partial charge on any atom is 0.268 e. The van der Waals surface area contributed by atoms with Crippen LogP contribution in [-0.4, -0.2) is 33.2 Å². The Morgan fingerprint density at radius 1 is 1.11 bits per heavy atom. The number of carbonyl (C=O) groups excluding carboxylic acids is 3. The van der Waals surface area contributed by atoms with Crippen LogP contribution in [0, 0.1) is 0 Å². The van der Waals surface area contributed by atoms with Crippen LogP contribution in [0.1, 0.15) is 45.7 Å². The van der Waals surface area contributed by atoms with Crippen LogP contribution in [0.15, 0.2) is 41.2 Å². The van der Waals surface area contributed by atoms with Crippen molar-refractivity contribution in [3.8, 4) is 5.69 Å². The van der Waals surface area contributed by atoms with Crippen molar-refractivity contribution in [1.29, 1.82) is 0 Å². The summed E-state index contributed by atoms with van der Waals surface area (Å²) in [6, 6.07) is 9.82. The van der Waals surface area contributed by atoms with Crippen molar-refractivity contribution in [2.75, 3.05) is 5.75 Å². The monoisotopic (exact) mass is 382 g/mol. The van der Waals surface area contributed by atoms with E-state index in [-0.39, 0.29) is 16.5 Å². The van der Waals surface area contributed by atoms with E-state index in [9.17, 15) is 19.2 Å². The number of amides is 1. The molecule has 1 aromatic carbocycles. The van der Waals surface area contributed by atoms with E-state index in [1.165, 1.54) is 22.4 Å². The van der Waals surface area contributed by atoms with Crippen LogP contribution in [0.5, 0.6) is 0 Å². The lowest BCUT2D eigenvalue weighted by molar-refractivity contribution is -0.112. The van der Waals surface area contributed by atoms with E-state index >= 15 is 0 Å². The Morgan fingerprint density at radius 2 is 1.89 bits per heavy atom. The normalized spacial score (nSPS) is 19.0. The van der Waals surface area contributed by atoms with Crippen LogP contribution in [0.3, 0.4) is 0 Å². The van der Waals surface area contributed by atoms with E-state index in [1.54, 1.807) is 24.3 Å². The van der Waals surface area contributed by atoms with Gasteiger partial charge in [0.2, 0.25) is 5.12 Å². The van der Waals surface area contributed by atoms with Crippen LogP contribution in [-0.2, 0) is 11.2 Å². The number of nitrogens with zero attached hydrogens (tertiary/aromatic N) is 1. The first kappa shape index (κ1) is 17.7. The average molecular weight is 382 g/mol. The first-order valence-corrected chi connectivity index (χ1v) is 9.90. The molecule has 2 heterocycles. The second-order valence-electron chi connectivity index (χ2n) is 6.65. The van der Waals surface area contributed by atoms with Crippen molar-refractivity contribution in [2.24, 2.45) is 0 Å². The van der Waals surface area contributed by atoms with Gasteiger partial charge in [-0.05, 0) is 37.5 Å². The number of fused-ring (bicyclic) bond motifs is 1. The molecule has 2 aliphatic rings. The Labute approximate surface area is 160 Å². The van der Waals surface area contributed by atoms with E-state index in [2.05, 4.69) is 5.32 Å². The molecule has 1 saturated heterocycles. The van der Waals surface area contributed by atoms with E-state index in [0.717, 1.165) is 0 Å². The predicted molar refractivity (Wildman–Crippen MR) is 103 cm³/mol. The van der Waals surface area contributed by atoms with Gasteiger partial charge in [-0.15, -0.1) is 0 Å². The Bertz CT molecular complexity index is 997. The molecular weight excluding hydrogens is 364 g/mol. The Morgan fingerprint density at radius 3 is 2.59 bits per heavy atom. The third-order valence-electron chi connectivity index (χ3n) is 4.92. The smallest absolute Gasteiger partial charge is 0.268 e. The van der Waals surface area contributed by atoms with Gasteiger partial charge >= 0.3 is 0 Å². The van der Waals surface area contributed by atoms with E-state index in [1.807, 2.05) is 6.07 Å². The minimum atomic E-state index is -0.605. The summed E-state index contributed by atoms with van der Waals surface area (Å²) in [5.41, 5.74) is 1.12. The number of para-hydroxylation sites is 1. The minimum absolute atomic E-state index is 0.0671. The molecule has 0 radical (unpaired) electrons. The van der Waals surface area contributed by atoms with Gasteiger partial charge in [0, 0.05) is 29.1 Å². The lowest BCUT2D eigenvalue weighted by Gasteiger charge is -2.22. The number of hydrogen-bond acceptors (Lipinski definition) is 5. The molecule has 6 nitrogen and oxygen atoms in total. The molecule has 0 unspecified atom stereocenters. The van der Waals surface area contributed by atoms with Crippen molar-refractivity contribution < 1.29 is 14.4 Å². The molecule has 7 heteroatoms. The SMILES string of the molecule is O=C1CCCc2c1cc(C(=O)N[C@@H]1CCSC1=O)c(=O)n2-c1ccccc1. The highest BCUT2D eigenvalue weighted by Crippen LogP contribution is 2.24. The third-order valence-corrected chi connectivity index (χ3v) is 5.93. The summed E-state index contributed by atoms with van der Waals surface area (Å²) in [4.78, 5) is 50.1. The zero-order chi connectivity index (χ0) is 19.0. The molecule has 0 spiro atoms. The standard InChI is InChI=1S/C20H18N2O4S/c23-17-8-4-7-16-13(17)11-14(18(24)21-15-9-10-27-20(15)26)19(25)22(16)12-5-2-1-3-6-12/h1-3,5-6,11,15H,4,7-10H2,(H,21,24)/t15-/m1/s1. The molecule has 1 atom stereocenters. The second kappa shape index (κ2) is 7.15. The van der Waals surface area contributed by atoms with Crippen molar-refractivity contribution in [3.63, 3.8) is 0 Å². The number of thioether (sulfide) groups is 1. The quantitative estimate of drug-likeness (QED) is 0.879. The predicted octanol–water partition coefficient (Wildman–Crippen LogP) is 2.12. The molecule has 2 aromatic rings. The topological polar surface area (TPSA) is 85.2 Å². The van der Waals surface area contributed by atoms with Gasteiger partial charge < -0.3 is 5.32 Å². The van der Waals surface area contributed by atoms with Crippen LogP contribution >= 0.6 is 11.8 Å². The zero-order valence-corrected chi connectivity index (χ0v) is 15.4. The molecule has 0 bridgehead atoms. The van der Waals surface area contributed by atoms with Gasteiger partial charge in [-0.3, -0.25) is 23.7 Å². The molecule has 4 rings (SSSR count). The number of carbonyl (C=O) groups is 3. The average Bonchev–Trinajstić information content (AvgIpc) is 3.07.